The summed E-state index contributed by atoms with van der Waals surface area (Å²) in [6.45, 7) is 2.59. The summed E-state index contributed by atoms with van der Waals surface area (Å²) >= 11 is 0. The van der Waals surface area contributed by atoms with Crippen molar-refractivity contribution < 1.29 is 47.5 Å². The van der Waals surface area contributed by atoms with E-state index in [4.69, 9.17) is 24.8 Å². The summed E-state index contributed by atoms with van der Waals surface area (Å²) in [7, 11) is -4.73. The van der Waals surface area contributed by atoms with E-state index in [0.29, 0.717) is 12.8 Å². The summed E-state index contributed by atoms with van der Waals surface area (Å²) in [4.78, 5) is 45.8. The molecule has 11 nitrogen and oxygen atoms in total. The van der Waals surface area contributed by atoms with Gasteiger partial charge in [0, 0.05) is 12.8 Å². The van der Waals surface area contributed by atoms with Crippen molar-refractivity contribution in [1.29, 1.82) is 0 Å². The van der Waals surface area contributed by atoms with Crippen LogP contribution in [0.25, 0.3) is 0 Å². The predicted molar refractivity (Wildman–Crippen MR) is 226 cm³/mol. The highest BCUT2D eigenvalue weighted by Gasteiger charge is 2.28. The Labute approximate surface area is 338 Å². The van der Waals surface area contributed by atoms with Crippen molar-refractivity contribution in [1.82, 2.24) is 0 Å². The molecular weight excluding hydrogens is 733 g/mol. The first-order valence-corrected chi connectivity index (χ1v) is 22.5. The predicted octanol–water partition coefficient (Wildman–Crippen LogP) is 10.9. The normalized spacial score (nSPS) is 14.5. The molecular formula is C44H74NO10P. The van der Waals surface area contributed by atoms with Crippen LogP contribution in [0.15, 0.2) is 72.9 Å². The number of ether oxygens (including phenoxy) is 2. The minimum atomic E-state index is -4.73. The summed E-state index contributed by atoms with van der Waals surface area (Å²) in [5.41, 5.74) is 5.32. The molecule has 320 valence electrons. The van der Waals surface area contributed by atoms with Crippen LogP contribution in [0.2, 0.25) is 0 Å². The number of esters is 2. The monoisotopic (exact) mass is 808 g/mol. The van der Waals surface area contributed by atoms with Crippen molar-refractivity contribution in [3.63, 3.8) is 0 Å². The van der Waals surface area contributed by atoms with Crippen molar-refractivity contribution in [3.8, 4) is 0 Å². The van der Waals surface area contributed by atoms with Gasteiger partial charge in [0.25, 0.3) is 0 Å². The second-order valence-corrected chi connectivity index (χ2v) is 15.2. The molecule has 4 N–H and O–H groups in total. The zero-order valence-corrected chi connectivity index (χ0v) is 35.3. The van der Waals surface area contributed by atoms with Crippen LogP contribution in [0.1, 0.15) is 155 Å². The summed E-state index contributed by atoms with van der Waals surface area (Å²) in [6, 6.07) is -1.53. The zero-order chi connectivity index (χ0) is 41.4. The molecule has 3 atom stereocenters. The number of carbonyl (C=O) groups excluding carboxylic acids is 2. The molecule has 0 rings (SSSR count). The van der Waals surface area contributed by atoms with Crippen LogP contribution in [0.5, 0.6) is 0 Å². The van der Waals surface area contributed by atoms with Gasteiger partial charge in [-0.1, -0.05) is 164 Å². The lowest BCUT2D eigenvalue weighted by atomic mass is 10.0. The van der Waals surface area contributed by atoms with E-state index >= 15 is 0 Å². The Kier molecular flexibility index (Phi) is 36.6. The molecule has 0 aliphatic carbocycles. The largest absolute Gasteiger partial charge is 0.480 e. The Hall–Kier alpha value is -3.08. The molecule has 0 spiro atoms. The van der Waals surface area contributed by atoms with E-state index < -0.39 is 51.1 Å². The van der Waals surface area contributed by atoms with Gasteiger partial charge in [0.15, 0.2) is 6.10 Å². The minimum absolute atomic E-state index is 0.0946. The quantitative estimate of drug-likeness (QED) is 0.0235. The molecule has 0 aromatic heterocycles. The van der Waals surface area contributed by atoms with E-state index in [2.05, 4.69) is 79.1 Å². The molecule has 56 heavy (non-hydrogen) atoms. The number of carboxylic acid groups (broad SMARTS) is 1. The number of carboxylic acids is 1. The van der Waals surface area contributed by atoms with Gasteiger partial charge in [-0.2, -0.15) is 0 Å². The lowest BCUT2D eigenvalue weighted by Crippen LogP contribution is -2.34. The Morgan fingerprint density at radius 3 is 1.46 bits per heavy atom. The van der Waals surface area contributed by atoms with Crippen LogP contribution in [0, 0.1) is 0 Å². The van der Waals surface area contributed by atoms with Gasteiger partial charge in [-0.05, 0) is 51.4 Å². The van der Waals surface area contributed by atoms with Gasteiger partial charge in [-0.3, -0.25) is 23.4 Å². The molecule has 0 heterocycles. The van der Waals surface area contributed by atoms with Gasteiger partial charge < -0.3 is 25.2 Å². The Bertz CT molecular complexity index is 1230. The average molecular weight is 808 g/mol. The number of phosphoric ester groups is 1. The second-order valence-electron chi connectivity index (χ2n) is 13.7. The van der Waals surface area contributed by atoms with Crippen molar-refractivity contribution in [2.45, 2.75) is 167 Å². The highest BCUT2D eigenvalue weighted by molar-refractivity contribution is 7.47. The van der Waals surface area contributed by atoms with Crippen molar-refractivity contribution in [2.24, 2.45) is 5.73 Å². The maximum Gasteiger partial charge on any atom is 0.472 e. The van der Waals surface area contributed by atoms with E-state index in [1.165, 1.54) is 57.8 Å². The third kappa shape index (κ3) is 37.8. The number of unbranched alkanes of at least 4 members (excludes halogenated alkanes) is 12. The molecule has 0 aromatic carbocycles. The lowest BCUT2D eigenvalue weighted by molar-refractivity contribution is -0.161. The molecule has 0 radical (unpaired) electrons. The first-order chi connectivity index (χ1) is 27.1. The van der Waals surface area contributed by atoms with Gasteiger partial charge in [0.1, 0.15) is 12.6 Å². The van der Waals surface area contributed by atoms with E-state index in [1.807, 2.05) is 12.2 Å². The number of phosphoric acid groups is 1. The Morgan fingerprint density at radius 1 is 0.571 bits per heavy atom. The highest BCUT2D eigenvalue weighted by atomic mass is 31.2. The van der Waals surface area contributed by atoms with Crippen molar-refractivity contribution >= 4 is 25.7 Å². The molecule has 0 saturated carbocycles. The van der Waals surface area contributed by atoms with E-state index in [0.717, 1.165) is 57.8 Å². The van der Waals surface area contributed by atoms with Gasteiger partial charge in [-0.25, -0.2) is 4.57 Å². The molecule has 0 aliphatic heterocycles. The van der Waals surface area contributed by atoms with Gasteiger partial charge in [0.2, 0.25) is 0 Å². The third-order valence-corrected chi connectivity index (χ3v) is 9.43. The molecule has 0 aliphatic rings. The Morgan fingerprint density at radius 2 is 1.00 bits per heavy atom. The maximum absolute atomic E-state index is 12.6. The third-order valence-electron chi connectivity index (χ3n) is 8.48. The number of hydrogen-bond donors (Lipinski definition) is 3. The van der Waals surface area contributed by atoms with Crippen LogP contribution in [0.4, 0.5) is 0 Å². The molecule has 0 amide bonds. The van der Waals surface area contributed by atoms with E-state index in [9.17, 15) is 23.8 Å². The standard InChI is InChI=1S/C44H74NO10P/c1-3-5-7-9-11-13-15-17-18-19-20-21-22-24-25-27-29-31-33-35-42(46)52-37-40(38-53-56(50,51)54-39-41(45)44(48)49)55-43(47)36-34-32-30-28-26-23-16-14-12-10-8-6-4-2/h5,7,11,13,17-18,20-21,24-25,29,31,40-41H,3-4,6,8-10,12,14-16,19,22-23,26-28,30,32-39,45H2,1-2H3,(H,48,49)(H,50,51)/b7-5-,13-11-,18-17-,21-20-,25-24-,31-29-/t40-,41+/m1/s1. The fraction of sp³-hybridized carbons (Fsp3) is 0.659. The Balaban J connectivity index is 4.51. The molecule has 0 bridgehead atoms. The topological polar surface area (TPSA) is 172 Å². The van der Waals surface area contributed by atoms with Crippen molar-refractivity contribution in [3.05, 3.63) is 72.9 Å². The maximum atomic E-state index is 12.6. The number of allylic oxidation sites excluding steroid dienone is 12. The smallest absolute Gasteiger partial charge is 0.472 e. The SMILES string of the molecule is CC/C=C\C/C=C\C/C=C\C/C=C\C/C=C\C/C=C\CCC(=O)OC[C@H](COP(=O)(O)OC[C@H](N)C(=O)O)OC(=O)CCCCCCCCCCCCCCC. The van der Waals surface area contributed by atoms with Crippen LogP contribution >= 0.6 is 7.82 Å². The zero-order valence-electron chi connectivity index (χ0n) is 34.4. The van der Waals surface area contributed by atoms with Crippen molar-refractivity contribution in [2.75, 3.05) is 19.8 Å². The van der Waals surface area contributed by atoms with Crippen LogP contribution in [0.3, 0.4) is 0 Å². The molecule has 12 heteroatoms. The van der Waals surface area contributed by atoms with Gasteiger partial charge >= 0.3 is 25.7 Å². The summed E-state index contributed by atoms with van der Waals surface area (Å²) in [6.07, 6.45) is 45.5. The van der Waals surface area contributed by atoms with Crippen LogP contribution in [-0.2, 0) is 37.5 Å². The molecule has 0 aromatic rings. The second kappa shape index (κ2) is 38.8. The first kappa shape index (κ1) is 52.9. The summed E-state index contributed by atoms with van der Waals surface area (Å²) in [5, 5.41) is 8.88. The van der Waals surface area contributed by atoms with Crippen LogP contribution < -0.4 is 5.73 Å². The highest BCUT2D eigenvalue weighted by Crippen LogP contribution is 2.43. The fourth-order valence-electron chi connectivity index (χ4n) is 5.21. The number of rotatable bonds is 38. The van der Waals surface area contributed by atoms with E-state index in [1.54, 1.807) is 0 Å². The summed E-state index contributed by atoms with van der Waals surface area (Å²) in [5.74, 6) is -2.49. The molecule has 0 fully saturated rings. The fourth-order valence-corrected chi connectivity index (χ4v) is 5.99. The first-order valence-electron chi connectivity index (χ1n) is 21.0. The van der Waals surface area contributed by atoms with E-state index in [-0.39, 0.29) is 19.4 Å². The van der Waals surface area contributed by atoms with Gasteiger partial charge in [0.05, 0.1) is 13.2 Å². The lowest BCUT2D eigenvalue weighted by Gasteiger charge is -2.20. The number of hydrogen-bond acceptors (Lipinski definition) is 9. The average Bonchev–Trinajstić information content (AvgIpc) is 3.17. The van der Waals surface area contributed by atoms with Gasteiger partial charge in [-0.15, -0.1) is 0 Å². The molecule has 0 saturated heterocycles. The number of carbonyl (C=O) groups is 3. The summed E-state index contributed by atoms with van der Waals surface area (Å²) < 4.78 is 32.6. The van der Waals surface area contributed by atoms with Crippen LogP contribution in [-0.4, -0.2) is 59.9 Å². The number of nitrogens with two attached hydrogens (primary N) is 1. The molecule has 1 unspecified atom stereocenters. The minimum Gasteiger partial charge on any atom is -0.480 e. The number of aliphatic carboxylic acids is 1.